The van der Waals surface area contributed by atoms with Crippen molar-refractivity contribution in [3.8, 4) is 11.6 Å². The summed E-state index contributed by atoms with van der Waals surface area (Å²) in [6.07, 6.45) is 7.53. The van der Waals surface area contributed by atoms with E-state index in [0.29, 0.717) is 28.3 Å². The van der Waals surface area contributed by atoms with Crippen molar-refractivity contribution in [1.29, 1.82) is 0 Å². The van der Waals surface area contributed by atoms with E-state index in [4.69, 9.17) is 4.42 Å². The molecule has 1 aromatic carbocycles. The summed E-state index contributed by atoms with van der Waals surface area (Å²) in [5, 5.41) is 13.1. The molecule has 8 nitrogen and oxygen atoms in total. The minimum absolute atomic E-state index is 0.0495. The lowest BCUT2D eigenvalue weighted by Gasteiger charge is -2.20. The lowest BCUT2D eigenvalue weighted by Crippen LogP contribution is -2.09. The monoisotopic (exact) mass is 446 g/mol. The predicted octanol–water partition coefficient (Wildman–Crippen LogP) is 4.20. The summed E-state index contributed by atoms with van der Waals surface area (Å²) in [4.78, 5) is 9.48. The average Bonchev–Trinajstić information content (AvgIpc) is 3.44. The number of rotatable bonds is 5. The molecule has 2 atom stereocenters. The van der Waals surface area contributed by atoms with Gasteiger partial charge in [0.05, 0.1) is 17.9 Å². The van der Waals surface area contributed by atoms with Crippen LogP contribution in [-0.4, -0.2) is 28.9 Å². The third kappa shape index (κ3) is 3.37. The van der Waals surface area contributed by atoms with E-state index in [0.717, 1.165) is 59.0 Å². The SMILES string of the molecule is Cc1nnc(-c2ccc(NC3CCc4cc(S(=O)[O-])c5cc(C6CC6)ncc5c43)cn2)o1. The number of aryl methyl sites for hydroxylation is 2. The van der Waals surface area contributed by atoms with Gasteiger partial charge in [-0.1, -0.05) is 0 Å². The number of pyridine rings is 2. The summed E-state index contributed by atoms with van der Waals surface area (Å²) in [5.74, 6) is 1.35. The Hall–Kier alpha value is -3.17. The Morgan fingerprint density at radius 3 is 2.66 bits per heavy atom. The number of fused-ring (bicyclic) bond motifs is 3. The first kappa shape index (κ1) is 19.5. The van der Waals surface area contributed by atoms with Gasteiger partial charge in [-0.3, -0.25) is 9.19 Å². The molecule has 3 heterocycles. The largest absolute Gasteiger partial charge is 0.768 e. The number of hydrogen-bond donors (Lipinski definition) is 1. The first-order valence-corrected chi connectivity index (χ1v) is 11.7. The first-order chi connectivity index (χ1) is 15.6. The van der Waals surface area contributed by atoms with Gasteiger partial charge in [-0.05, 0) is 72.2 Å². The van der Waals surface area contributed by atoms with Crippen LogP contribution in [0.1, 0.15) is 53.9 Å². The van der Waals surface area contributed by atoms with E-state index in [-0.39, 0.29) is 6.04 Å². The number of anilines is 1. The number of benzene rings is 1. The van der Waals surface area contributed by atoms with Crippen molar-refractivity contribution in [2.24, 2.45) is 0 Å². The van der Waals surface area contributed by atoms with Crippen molar-refractivity contribution < 1.29 is 13.2 Å². The molecule has 0 radical (unpaired) electrons. The minimum atomic E-state index is -2.29. The predicted molar refractivity (Wildman–Crippen MR) is 118 cm³/mol. The molecule has 1 fully saturated rings. The van der Waals surface area contributed by atoms with Crippen molar-refractivity contribution in [2.75, 3.05) is 5.32 Å². The van der Waals surface area contributed by atoms with Gasteiger partial charge in [-0.25, -0.2) is 4.98 Å². The van der Waals surface area contributed by atoms with E-state index in [1.54, 1.807) is 13.1 Å². The van der Waals surface area contributed by atoms with Crippen LogP contribution in [0.15, 0.2) is 46.0 Å². The standard InChI is InChI=1S/C23H21N5O3S/c1-12-27-28-23(31-12)19-7-5-15(10-24-19)26-18-6-4-14-8-21(32(29)30)16-9-20(13-2-3-13)25-11-17(16)22(14)18/h5,7-11,13,18,26H,2-4,6H2,1H3,(H,29,30)/p-1. The maximum absolute atomic E-state index is 12.0. The van der Waals surface area contributed by atoms with Gasteiger partial charge < -0.3 is 14.3 Å². The zero-order valence-corrected chi connectivity index (χ0v) is 18.2. The van der Waals surface area contributed by atoms with Crippen LogP contribution in [0, 0.1) is 6.92 Å². The molecule has 2 aliphatic rings. The second-order valence-electron chi connectivity index (χ2n) is 8.41. The van der Waals surface area contributed by atoms with E-state index >= 15 is 0 Å². The van der Waals surface area contributed by atoms with Crippen LogP contribution < -0.4 is 5.32 Å². The maximum Gasteiger partial charge on any atom is 0.266 e. The molecular weight excluding hydrogens is 426 g/mol. The van der Waals surface area contributed by atoms with Crippen molar-refractivity contribution in [2.45, 2.75) is 49.5 Å². The lowest BCUT2D eigenvalue weighted by atomic mass is 9.99. The van der Waals surface area contributed by atoms with Crippen molar-refractivity contribution in [1.82, 2.24) is 20.2 Å². The van der Waals surface area contributed by atoms with Crippen molar-refractivity contribution >= 4 is 27.5 Å². The highest BCUT2D eigenvalue weighted by molar-refractivity contribution is 7.79. The molecule has 9 heteroatoms. The smallest absolute Gasteiger partial charge is 0.266 e. The third-order valence-corrected chi connectivity index (χ3v) is 6.90. The van der Waals surface area contributed by atoms with Crippen LogP contribution in [0.25, 0.3) is 22.4 Å². The Bertz CT molecular complexity index is 1360. The number of aromatic nitrogens is 4. The fourth-order valence-electron chi connectivity index (χ4n) is 4.53. The topological polar surface area (TPSA) is 117 Å². The zero-order valence-electron chi connectivity index (χ0n) is 17.4. The van der Waals surface area contributed by atoms with Gasteiger partial charge >= 0.3 is 0 Å². The van der Waals surface area contributed by atoms with Crippen LogP contribution in [0.2, 0.25) is 0 Å². The molecule has 2 unspecified atom stereocenters. The summed E-state index contributed by atoms with van der Waals surface area (Å²) in [6.45, 7) is 1.74. The zero-order chi connectivity index (χ0) is 21.8. The quantitative estimate of drug-likeness (QED) is 0.453. The molecule has 4 aromatic rings. The summed E-state index contributed by atoms with van der Waals surface area (Å²) in [7, 11) is 0. The number of nitrogens with one attached hydrogen (secondary N) is 1. The molecule has 3 aromatic heterocycles. The van der Waals surface area contributed by atoms with Crippen LogP contribution >= 0.6 is 0 Å². The van der Waals surface area contributed by atoms with Crippen molar-refractivity contribution in [3.05, 3.63) is 59.4 Å². The average molecular weight is 447 g/mol. The second kappa shape index (κ2) is 7.46. The van der Waals surface area contributed by atoms with E-state index in [2.05, 4.69) is 25.5 Å². The first-order valence-electron chi connectivity index (χ1n) is 10.6. The van der Waals surface area contributed by atoms with Gasteiger partial charge in [0.2, 0.25) is 5.89 Å². The van der Waals surface area contributed by atoms with Crippen LogP contribution in [-0.2, 0) is 17.5 Å². The molecule has 2 aliphatic carbocycles. The maximum atomic E-state index is 12.0. The molecule has 162 valence electrons. The summed E-state index contributed by atoms with van der Waals surface area (Å²) < 4.78 is 29.4. The molecule has 0 bridgehead atoms. The fraction of sp³-hybridized carbons (Fsp3) is 0.304. The summed E-state index contributed by atoms with van der Waals surface area (Å²) in [5.41, 5.74) is 4.66. The Labute approximate surface area is 186 Å². The van der Waals surface area contributed by atoms with Gasteiger partial charge in [-0.15, -0.1) is 10.2 Å². The van der Waals surface area contributed by atoms with Crippen molar-refractivity contribution in [3.63, 3.8) is 0 Å². The Morgan fingerprint density at radius 1 is 1.09 bits per heavy atom. The third-order valence-electron chi connectivity index (χ3n) is 6.21. The Kier molecular flexibility index (Phi) is 4.55. The minimum Gasteiger partial charge on any atom is -0.768 e. The summed E-state index contributed by atoms with van der Waals surface area (Å²) >= 11 is -2.29. The highest BCUT2D eigenvalue weighted by Crippen LogP contribution is 2.44. The van der Waals surface area contributed by atoms with Gasteiger partial charge in [0, 0.05) is 40.4 Å². The van der Waals surface area contributed by atoms with E-state index < -0.39 is 11.1 Å². The van der Waals surface area contributed by atoms with E-state index in [9.17, 15) is 8.76 Å². The van der Waals surface area contributed by atoms with Gasteiger partial charge in [0.15, 0.2) is 0 Å². The molecule has 0 amide bonds. The van der Waals surface area contributed by atoms with E-state index in [1.807, 2.05) is 30.5 Å². The fourth-order valence-corrected chi connectivity index (χ4v) is 5.12. The van der Waals surface area contributed by atoms with Crippen LogP contribution in [0.4, 0.5) is 5.69 Å². The Balaban J connectivity index is 1.35. The molecular formula is C23H20N5O3S-. The van der Waals surface area contributed by atoms with Crippen LogP contribution in [0.3, 0.4) is 0 Å². The lowest BCUT2D eigenvalue weighted by molar-refractivity contribution is 0.531. The van der Waals surface area contributed by atoms with Crippen LogP contribution in [0.5, 0.6) is 0 Å². The van der Waals surface area contributed by atoms with E-state index in [1.165, 1.54) is 0 Å². The van der Waals surface area contributed by atoms with Gasteiger partial charge in [0.1, 0.15) is 5.69 Å². The number of hydrogen-bond acceptors (Lipinski definition) is 8. The molecule has 32 heavy (non-hydrogen) atoms. The molecule has 0 saturated heterocycles. The molecule has 0 spiro atoms. The molecule has 0 aliphatic heterocycles. The second-order valence-corrected chi connectivity index (χ2v) is 9.31. The van der Waals surface area contributed by atoms with Gasteiger partial charge in [-0.2, -0.15) is 0 Å². The van der Waals surface area contributed by atoms with Gasteiger partial charge in [0.25, 0.3) is 5.89 Å². The molecule has 1 N–H and O–H groups in total. The summed E-state index contributed by atoms with van der Waals surface area (Å²) in [6, 6.07) is 7.63. The number of nitrogens with zero attached hydrogens (tertiary/aromatic N) is 4. The normalized spacial score (nSPS) is 18.6. The highest BCUT2D eigenvalue weighted by Gasteiger charge is 2.29. The molecule has 6 rings (SSSR count). The highest BCUT2D eigenvalue weighted by atomic mass is 32.2. The Morgan fingerprint density at radius 2 is 1.97 bits per heavy atom. The molecule has 1 saturated carbocycles.